The van der Waals surface area contributed by atoms with Crippen molar-refractivity contribution in [2.45, 2.75) is 26.3 Å². The van der Waals surface area contributed by atoms with Gasteiger partial charge in [0.15, 0.2) is 11.5 Å². The maximum absolute atomic E-state index is 14.3. The Kier molecular flexibility index (Phi) is 10.6. The second-order valence-corrected chi connectivity index (χ2v) is 10.3. The second-order valence-electron chi connectivity index (χ2n) is 10.3. The van der Waals surface area contributed by atoms with Gasteiger partial charge in [-0.05, 0) is 96.9 Å². The standard InChI is InChI=1S/C33H37FN2O7/c1-21-26(25-9-8-23(34)18-28(25)27(21)19-31(37)35-20-24-7-6-12-41-24)15-22-16-29(39-4)33(30(17-22)40-5)43-13-10-32(38)42-14-11-36(2)3/h6-9,12,15-18H,10-11,13-14,19-20H2,1-5H3,(H,35,37)/b26-15-. The fourth-order valence-electron chi connectivity index (χ4n) is 4.75. The maximum atomic E-state index is 14.3. The molecule has 0 saturated heterocycles. The molecule has 1 N–H and O–H groups in total. The minimum atomic E-state index is -0.382. The smallest absolute Gasteiger partial charge is 0.309 e. The molecule has 1 heterocycles. The molecule has 9 nitrogen and oxygen atoms in total. The first-order valence-corrected chi connectivity index (χ1v) is 13.9. The van der Waals surface area contributed by atoms with Crippen LogP contribution in [-0.2, 0) is 20.9 Å². The van der Waals surface area contributed by atoms with E-state index >= 15 is 0 Å². The summed E-state index contributed by atoms with van der Waals surface area (Å²) in [6.45, 7) is 3.22. The van der Waals surface area contributed by atoms with Crippen LogP contribution in [0, 0.1) is 5.82 Å². The highest BCUT2D eigenvalue weighted by Gasteiger charge is 2.26. The van der Waals surface area contributed by atoms with E-state index in [2.05, 4.69) is 5.32 Å². The van der Waals surface area contributed by atoms with Gasteiger partial charge < -0.3 is 33.6 Å². The third-order valence-electron chi connectivity index (χ3n) is 6.98. The zero-order valence-electron chi connectivity index (χ0n) is 25.1. The number of allylic oxidation sites excluding steroid dienone is 2. The number of furan rings is 1. The number of likely N-dealkylation sites (N-methyl/N-ethyl adjacent to an activating group) is 1. The number of esters is 1. The van der Waals surface area contributed by atoms with E-state index < -0.39 is 0 Å². The van der Waals surface area contributed by atoms with Gasteiger partial charge in [0.2, 0.25) is 11.7 Å². The number of amides is 1. The Hall–Kier alpha value is -4.57. The quantitative estimate of drug-likeness (QED) is 0.251. The van der Waals surface area contributed by atoms with Crippen LogP contribution in [0.2, 0.25) is 0 Å². The molecule has 0 spiro atoms. The van der Waals surface area contributed by atoms with Gasteiger partial charge in [-0.25, -0.2) is 4.39 Å². The van der Waals surface area contributed by atoms with Gasteiger partial charge in [0, 0.05) is 6.54 Å². The number of nitrogens with zero attached hydrogens (tertiary/aromatic N) is 1. The minimum Gasteiger partial charge on any atom is -0.493 e. The Balaban J connectivity index is 1.55. The molecule has 1 aliphatic rings. The third kappa shape index (κ3) is 8.04. The third-order valence-corrected chi connectivity index (χ3v) is 6.98. The molecule has 0 atom stereocenters. The molecular formula is C33H37FN2O7. The number of carbonyl (C=O) groups excluding carboxylic acids is 2. The summed E-state index contributed by atoms with van der Waals surface area (Å²) in [5, 5.41) is 2.86. The molecule has 3 aromatic rings. The van der Waals surface area contributed by atoms with E-state index in [-0.39, 0.29) is 43.7 Å². The molecule has 43 heavy (non-hydrogen) atoms. The average Bonchev–Trinajstić information content (AvgIpc) is 3.59. The number of rotatable bonds is 14. The lowest BCUT2D eigenvalue weighted by Crippen LogP contribution is -2.22. The fraction of sp³-hybridized carbons (Fsp3) is 0.333. The van der Waals surface area contributed by atoms with Gasteiger partial charge in [-0.3, -0.25) is 9.59 Å². The molecule has 0 fully saturated rings. The van der Waals surface area contributed by atoms with E-state index in [0.717, 1.165) is 27.8 Å². The van der Waals surface area contributed by atoms with Crippen LogP contribution in [0.15, 0.2) is 58.7 Å². The van der Waals surface area contributed by atoms with Crippen molar-refractivity contribution in [2.24, 2.45) is 0 Å². The molecule has 2 aromatic carbocycles. The first-order chi connectivity index (χ1) is 20.7. The predicted molar refractivity (Wildman–Crippen MR) is 161 cm³/mol. The number of methoxy groups -OCH3 is 2. The normalized spacial score (nSPS) is 13.3. The Morgan fingerprint density at radius 3 is 2.42 bits per heavy atom. The van der Waals surface area contributed by atoms with Crippen LogP contribution in [0.1, 0.15) is 42.2 Å². The molecule has 0 radical (unpaired) electrons. The molecule has 0 saturated carbocycles. The van der Waals surface area contributed by atoms with Crippen molar-refractivity contribution >= 4 is 29.1 Å². The SMILES string of the molecule is COc1cc(/C=C2/C(C)=C(CC(=O)NCc3ccco3)c3cc(F)ccc32)cc(OC)c1OCCC(=O)OCCN(C)C. The van der Waals surface area contributed by atoms with Gasteiger partial charge in [0.1, 0.15) is 18.2 Å². The zero-order chi connectivity index (χ0) is 30.9. The molecule has 0 bridgehead atoms. The van der Waals surface area contributed by atoms with Gasteiger partial charge in [-0.1, -0.05) is 6.07 Å². The summed E-state index contributed by atoms with van der Waals surface area (Å²) in [5.41, 5.74) is 4.69. The van der Waals surface area contributed by atoms with Crippen molar-refractivity contribution < 1.29 is 37.3 Å². The summed E-state index contributed by atoms with van der Waals surface area (Å²) in [5.74, 6) is 0.912. The van der Waals surface area contributed by atoms with Crippen LogP contribution >= 0.6 is 0 Å². The molecule has 1 aliphatic carbocycles. The first kappa shape index (κ1) is 31.4. The second kappa shape index (κ2) is 14.6. The summed E-state index contributed by atoms with van der Waals surface area (Å²) in [4.78, 5) is 26.8. The van der Waals surface area contributed by atoms with Gasteiger partial charge >= 0.3 is 5.97 Å². The van der Waals surface area contributed by atoms with Crippen molar-refractivity contribution in [1.82, 2.24) is 10.2 Å². The lowest BCUT2D eigenvalue weighted by atomic mass is 10.00. The first-order valence-electron chi connectivity index (χ1n) is 13.9. The number of fused-ring (bicyclic) bond motifs is 1. The van der Waals surface area contributed by atoms with Crippen LogP contribution in [0.25, 0.3) is 17.2 Å². The predicted octanol–water partition coefficient (Wildman–Crippen LogP) is 5.34. The molecule has 228 valence electrons. The monoisotopic (exact) mass is 592 g/mol. The van der Waals surface area contributed by atoms with E-state index in [9.17, 15) is 14.0 Å². The van der Waals surface area contributed by atoms with Crippen LogP contribution in [-0.4, -0.2) is 64.8 Å². The Bertz CT molecular complexity index is 1480. The molecule has 4 rings (SSSR count). The molecule has 10 heteroatoms. The lowest BCUT2D eigenvalue weighted by molar-refractivity contribution is -0.144. The highest BCUT2D eigenvalue weighted by Crippen LogP contribution is 2.45. The van der Waals surface area contributed by atoms with Gasteiger partial charge in [0.05, 0.1) is 46.5 Å². The van der Waals surface area contributed by atoms with Crippen molar-refractivity contribution in [3.8, 4) is 17.2 Å². The van der Waals surface area contributed by atoms with E-state index in [1.807, 2.05) is 32.0 Å². The fourth-order valence-corrected chi connectivity index (χ4v) is 4.75. The summed E-state index contributed by atoms with van der Waals surface area (Å²) >= 11 is 0. The zero-order valence-corrected chi connectivity index (χ0v) is 25.1. The average molecular weight is 593 g/mol. The van der Waals surface area contributed by atoms with Crippen LogP contribution < -0.4 is 19.5 Å². The number of carbonyl (C=O) groups is 2. The lowest BCUT2D eigenvalue weighted by Gasteiger charge is -2.16. The van der Waals surface area contributed by atoms with Crippen molar-refractivity contribution in [1.29, 1.82) is 0 Å². The van der Waals surface area contributed by atoms with Gasteiger partial charge in [0.25, 0.3) is 0 Å². The summed E-state index contributed by atoms with van der Waals surface area (Å²) < 4.78 is 42.0. The minimum absolute atomic E-state index is 0.0702. The molecule has 0 aliphatic heterocycles. The largest absolute Gasteiger partial charge is 0.493 e. The highest BCUT2D eigenvalue weighted by molar-refractivity contribution is 6.08. The number of benzene rings is 2. The van der Waals surface area contributed by atoms with E-state index in [1.54, 1.807) is 36.6 Å². The molecule has 1 aromatic heterocycles. The van der Waals surface area contributed by atoms with E-state index in [1.165, 1.54) is 26.4 Å². The summed E-state index contributed by atoms with van der Waals surface area (Å²) in [7, 11) is 6.85. The number of hydrogen-bond acceptors (Lipinski definition) is 8. The van der Waals surface area contributed by atoms with Crippen LogP contribution in [0.4, 0.5) is 4.39 Å². The molecule has 1 amide bonds. The number of halogens is 1. The Morgan fingerprint density at radius 2 is 1.77 bits per heavy atom. The Labute approximate surface area is 250 Å². The number of hydrogen-bond donors (Lipinski definition) is 1. The number of ether oxygens (including phenoxy) is 4. The van der Waals surface area contributed by atoms with Crippen LogP contribution in [0.3, 0.4) is 0 Å². The summed E-state index contributed by atoms with van der Waals surface area (Å²) in [6, 6.07) is 11.7. The van der Waals surface area contributed by atoms with Crippen molar-refractivity contribution in [2.75, 3.05) is 48.1 Å². The number of nitrogens with one attached hydrogen (secondary N) is 1. The topological polar surface area (TPSA) is 99.5 Å². The van der Waals surface area contributed by atoms with Gasteiger partial charge in [-0.2, -0.15) is 0 Å². The van der Waals surface area contributed by atoms with Gasteiger partial charge in [-0.15, -0.1) is 0 Å². The van der Waals surface area contributed by atoms with Crippen LogP contribution in [0.5, 0.6) is 17.2 Å². The highest BCUT2D eigenvalue weighted by atomic mass is 19.1. The van der Waals surface area contributed by atoms with Crippen molar-refractivity contribution in [3.05, 3.63) is 82.6 Å². The van der Waals surface area contributed by atoms with E-state index in [0.29, 0.717) is 41.7 Å². The molecular weight excluding hydrogens is 555 g/mol. The molecule has 0 unspecified atom stereocenters. The maximum Gasteiger partial charge on any atom is 0.309 e. The van der Waals surface area contributed by atoms with Crippen molar-refractivity contribution in [3.63, 3.8) is 0 Å². The Morgan fingerprint density at radius 1 is 1.02 bits per heavy atom. The van der Waals surface area contributed by atoms with E-state index in [4.69, 9.17) is 23.4 Å². The summed E-state index contributed by atoms with van der Waals surface area (Å²) in [6.07, 6.45) is 3.64.